The van der Waals surface area contributed by atoms with Gasteiger partial charge in [-0.05, 0) is 37.6 Å². The molecule has 0 saturated carbocycles. The van der Waals surface area contributed by atoms with Gasteiger partial charge in [0.05, 0.1) is 29.1 Å². The van der Waals surface area contributed by atoms with Crippen molar-refractivity contribution >= 4 is 22.9 Å². The molecule has 0 aliphatic rings. The van der Waals surface area contributed by atoms with Crippen LogP contribution in [0.25, 0.3) is 11.0 Å². The smallest absolute Gasteiger partial charge is 0.335 e. The van der Waals surface area contributed by atoms with Crippen molar-refractivity contribution in [3.05, 3.63) is 65.5 Å². The lowest BCUT2D eigenvalue weighted by atomic mass is 10.0. The number of aryl methyl sites for hydroxylation is 1. The standard InChI is InChI=1S/C20H21N3O3/c1-3-23-17-11-7-6-10-16(17)22-19(23)13(2)21-18(24)12-14-8-4-5-9-15(14)20(25)26/h4-11,13H,3,12H2,1-2H3,(H,21,24)(H,25,26). The van der Waals surface area contributed by atoms with Crippen LogP contribution in [0.4, 0.5) is 0 Å². The molecule has 0 saturated heterocycles. The summed E-state index contributed by atoms with van der Waals surface area (Å²) in [7, 11) is 0. The van der Waals surface area contributed by atoms with Crippen LogP contribution in [-0.2, 0) is 17.8 Å². The largest absolute Gasteiger partial charge is 0.478 e. The van der Waals surface area contributed by atoms with Crippen molar-refractivity contribution in [2.24, 2.45) is 0 Å². The molecular formula is C20H21N3O3. The molecule has 3 rings (SSSR count). The normalized spacial score (nSPS) is 12.1. The second kappa shape index (κ2) is 7.39. The Hall–Kier alpha value is -3.15. The number of carbonyl (C=O) groups is 2. The van der Waals surface area contributed by atoms with Crippen LogP contribution in [0, 0.1) is 0 Å². The monoisotopic (exact) mass is 351 g/mol. The number of rotatable bonds is 6. The summed E-state index contributed by atoms with van der Waals surface area (Å²) in [5, 5.41) is 12.2. The molecule has 0 fully saturated rings. The Labute approximate surface area is 151 Å². The lowest BCUT2D eigenvalue weighted by Crippen LogP contribution is -2.30. The van der Waals surface area contributed by atoms with Gasteiger partial charge in [-0.15, -0.1) is 0 Å². The summed E-state index contributed by atoms with van der Waals surface area (Å²) >= 11 is 0. The molecule has 6 heteroatoms. The highest BCUT2D eigenvalue weighted by Gasteiger charge is 2.19. The number of fused-ring (bicyclic) bond motifs is 1. The van der Waals surface area contributed by atoms with Crippen molar-refractivity contribution in [1.29, 1.82) is 0 Å². The molecule has 1 aromatic heterocycles. The molecule has 0 radical (unpaired) electrons. The molecule has 26 heavy (non-hydrogen) atoms. The van der Waals surface area contributed by atoms with E-state index in [9.17, 15) is 14.7 Å². The Morgan fingerprint density at radius 2 is 1.85 bits per heavy atom. The van der Waals surface area contributed by atoms with Gasteiger partial charge in [-0.1, -0.05) is 30.3 Å². The first-order chi connectivity index (χ1) is 12.5. The topological polar surface area (TPSA) is 84.2 Å². The van der Waals surface area contributed by atoms with E-state index in [4.69, 9.17) is 0 Å². The minimum absolute atomic E-state index is 0.0131. The Balaban J connectivity index is 1.79. The number of hydrogen-bond acceptors (Lipinski definition) is 3. The maximum Gasteiger partial charge on any atom is 0.335 e. The zero-order valence-electron chi connectivity index (χ0n) is 14.8. The summed E-state index contributed by atoms with van der Waals surface area (Å²) in [5.41, 5.74) is 2.56. The Bertz CT molecular complexity index is 962. The third kappa shape index (κ3) is 3.44. The third-order valence-corrected chi connectivity index (χ3v) is 4.36. The van der Waals surface area contributed by atoms with Crippen LogP contribution >= 0.6 is 0 Å². The second-order valence-electron chi connectivity index (χ2n) is 6.13. The number of aromatic nitrogens is 2. The average Bonchev–Trinajstić information content (AvgIpc) is 3.00. The number of nitrogens with zero attached hydrogens (tertiary/aromatic N) is 2. The van der Waals surface area contributed by atoms with Gasteiger partial charge in [0.2, 0.25) is 5.91 Å². The van der Waals surface area contributed by atoms with E-state index in [0.29, 0.717) is 5.56 Å². The summed E-state index contributed by atoms with van der Waals surface area (Å²) in [6.07, 6.45) is 0.0131. The predicted molar refractivity (Wildman–Crippen MR) is 99.1 cm³/mol. The first-order valence-corrected chi connectivity index (χ1v) is 8.57. The zero-order chi connectivity index (χ0) is 18.7. The summed E-state index contributed by atoms with van der Waals surface area (Å²) in [6, 6.07) is 14.1. The van der Waals surface area contributed by atoms with E-state index in [1.54, 1.807) is 18.2 Å². The summed E-state index contributed by atoms with van der Waals surface area (Å²) < 4.78 is 2.07. The van der Waals surface area contributed by atoms with Gasteiger partial charge in [0.1, 0.15) is 5.82 Å². The highest BCUT2D eigenvalue weighted by molar-refractivity contribution is 5.91. The number of para-hydroxylation sites is 2. The fourth-order valence-electron chi connectivity index (χ4n) is 3.17. The molecule has 1 atom stereocenters. The molecule has 134 valence electrons. The number of aromatic carboxylic acids is 1. The van der Waals surface area contributed by atoms with Gasteiger partial charge in [-0.25, -0.2) is 9.78 Å². The molecule has 0 spiro atoms. The number of benzene rings is 2. The number of hydrogen-bond donors (Lipinski definition) is 2. The lowest BCUT2D eigenvalue weighted by Gasteiger charge is -2.16. The maximum atomic E-state index is 12.4. The predicted octanol–water partition coefficient (Wildman–Crippen LogP) is 3.17. The molecule has 0 bridgehead atoms. The molecule has 1 heterocycles. The number of carbonyl (C=O) groups excluding carboxylic acids is 1. The van der Waals surface area contributed by atoms with Crippen molar-refractivity contribution in [1.82, 2.24) is 14.9 Å². The van der Waals surface area contributed by atoms with E-state index in [1.807, 2.05) is 38.1 Å². The van der Waals surface area contributed by atoms with E-state index in [2.05, 4.69) is 14.9 Å². The number of carboxylic acids is 1. The number of amides is 1. The molecule has 0 aliphatic carbocycles. The van der Waals surface area contributed by atoms with Crippen molar-refractivity contribution < 1.29 is 14.7 Å². The molecule has 1 unspecified atom stereocenters. The molecule has 1 amide bonds. The molecule has 0 aliphatic heterocycles. The minimum atomic E-state index is -1.03. The second-order valence-corrected chi connectivity index (χ2v) is 6.13. The van der Waals surface area contributed by atoms with Crippen molar-refractivity contribution in [2.75, 3.05) is 0 Å². The van der Waals surface area contributed by atoms with Gasteiger partial charge < -0.3 is 15.0 Å². The SMILES string of the molecule is CCn1c(C(C)NC(=O)Cc2ccccc2C(=O)O)nc2ccccc21. The molecule has 2 aromatic carbocycles. The van der Waals surface area contributed by atoms with Gasteiger partial charge in [0.25, 0.3) is 0 Å². The number of imidazole rings is 1. The van der Waals surface area contributed by atoms with E-state index < -0.39 is 5.97 Å². The van der Waals surface area contributed by atoms with Crippen LogP contribution in [-0.4, -0.2) is 26.5 Å². The van der Waals surface area contributed by atoms with Gasteiger partial charge in [0.15, 0.2) is 0 Å². The highest BCUT2D eigenvalue weighted by atomic mass is 16.4. The van der Waals surface area contributed by atoms with Crippen molar-refractivity contribution in [3.63, 3.8) is 0 Å². The van der Waals surface area contributed by atoms with Crippen molar-refractivity contribution in [2.45, 2.75) is 32.9 Å². The van der Waals surface area contributed by atoms with Gasteiger partial charge in [0, 0.05) is 6.54 Å². The Morgan fingerprint density at radius 3 is 2.58 bits per heavy atom. The fraction of sp³-hybridized carbons (Fsp3) is 0.250. The number of carboxylic acid groups (broad SMARTS) is 1. The van der Waals surface area contributed by atoms with E-state index >= 15 is 0 Å². The van der Waals surface area contributed by atoms with Crippen LogP contribution in [0.1, 0.15) is 41.6 Å². The Morgan fingerprint density at radius 1 is 1.15 bits per heavy atom. The van der Waals surface area contributed by atoms with Gasteiger partial charge in [-0.3, -0.25) is 4.79 Å². The zero-order valence-corrected chi connectivity index (χ0v) is 14.8. The van der Waals surface area contributed by atoms with Crippen LogP contribution in [0.15, 0.2) is 48.5 Å². The third-order valence-electron chi connectivity index (χ3n) is 4.36. The van der Waals surface area contributed by atoms with Gasteiger partial charge >= 0.3 is 5.97 Å². The van der Waals surface area contributed by atoms with Crippen LogP contribution in [0.2, 0.25) is 0 Å². The quantitative estimate of drug-likeness (QED) is 0.714. The first kappa shape index (κ1) is 17.7. The van der Waals surface area contributed by atoms with Crippen LogP contribution in [0.3, 0.4) is 0 Å². The maximum absolute atomic E-state index is 12.4. The van der Waals surface area contributed by atoms with E-state index in [0.717, 1.165) is 23.4 Å². The average molecular weight is 351 g/mol. The van der Waals surface area contributed by atoms with Crippen molar-refractivity contribution in [3.8, 4) is 0 Å². The fourth-order valence-corrected chi connectivity index (χ4v) is 3.17. The Kier molecular flexibility index (Phi) is 5.02. The minimum Gasteiger partial charge on any atom is -0.478 e. The molecule has 6 nitrogen and oxygen atoms in total. The highest BCUT2D eigenvalue weighted by Crippen LogP contribution is 2.21. The summed E-state index contributed by atoms with van der Waals surface area (Å²) in [6.45, 7) is 4.67. The lowest BCUT2D eigenvalue weighted by molar-refractivity contribution is -0.121. The number of nitrogens with one attached hydrogen (secondary N) is 1. The van der Waals surface area contributed by atoms with Crippen LogP contribution in [0.5, 0.6) is 0 Å². The van der Waals surface area contributed by atoms with E-state index in [1.165, 1.54) is 6.07 Å². The summed E-state index contributed by atoms with van der Waals surface area (Å²) in [5.74, 6) is -0.483. The van der Waals surface area contributed by atoms with Gasteiger partial charge in [-0.2, -0.15) is 0 Å². The summed E-state index contributed by atoms with van der Waals surface area (Å²) in [4.78, 5) is 28.4. The molecular weight excluding hydrogens is 330 g/mol. The van der Waals surface area contributed by atoms with Crippen LogP contribution < -0.4 is 5.32 Å². The first-order valence-electron chi connectivity index (χ1n) is 8.57. The van der Waals surface area contributed by atoms with E-state index in [-0.39, 0.29) is 23.9 Å². The molecule has 3 aromatic rings. The molecule has 2 N–H and O–H groups in total.